The molecular formula is C34H38ClF3N2O7. The highest BCUT2D eigenvalue weighted by Crippen LogP contribution is 2.44. The Kier molecular flexibility index (Phi) is 11.1. The third-order valence-corrected chi connectivity index (χ3v) is 7.50. The minimum absolute atomic E-state index is 0.141. The zero-order chi connectivity index (χ0) is 34.5. The number of alkyl halides is 3. The molecule has 0 radical (unpaired) electrons. The van der Waals surface area contributed by atoms with E-state index in [0.29, 0.717) is 51.9 Å². The highest BCUT2D eigenvalue weighted by molar-refractivity contribution is 6.30. The van der Waals surface area contributed by atoms with Crippen molar-refractivity contribution in [3.63, 3.8) is 0 Å². The first-order valence-corrected chi connectivity index (χ1v) is 15.2. The molecule has 1 aliphatic rings. The van der Waals surface area contributed by atoms with Gasteiger partial charge >= 0.3 is 12.1 Å². The molecular weight excluding hydrogens is 641 g/mol. The van der Waals surface area contributed by atoms with E-state index in [1.807, 2.05) is 0 Å². The topological polar surface area (TPSA) is 95.6 Å². The Morgan fingerprint density at radius 2 is 1.64 bits per heavy atom. The SMILES string of the molecule is COc1cc(NC(C(=O)N2CCc3cc(OC)c(C(F)(F)F)cc32)c2ccc(Cl)cc2OC)cc(OCCCC(=O)OC(C)(C)C)c1. The summed E-state index contributed by atoms with van der Waals surface area (Å²) in [6, 6.07) is 10.9. The van der Waals surface area contributed by atoms with Crippen molar-refractivity contribution < 1.29 is 46.4 Å². The number of halogens is 4. The van der Waals surface area contributed by atoms with Gasteiger partial charge in [0.2, 0.25) is 0 Å². The van der Waals surface area contributed by atoms with Gasteiger partial charge in [-0.05, 0) is 63.4 Å². The van der Waals surface area contributed by atoms with Gasteiger partial charge in [-0.2, -0.15) is 13.2 Å². The average molecular weight is 679 g/mol. The van der Waals surface area contributed by atoms with E-state index in [-0.39, 0.29) is 37.0 Å². The Hall–Kier alpha value is -4.32. The maximum atomic E-state index is 14.4. The van der Waals surface area contributed by atoms with Gasteiger partial charge in [0.25, 0.3) is 5.91 Å². The van der Waals surface area contributed by atoms with E-state index in [0.717, 1.165) is 6.07 Å². The number of ether oxygens (including phenoxy) is 5. The zero-order valence-corrected chi connectivity index (χ0v) is 27.8. The van der Waals surface area contributed by atoms with Crippen molar-refractivity contribution >= 4 is 34.9 Å². The minimum Gasteiger partial charge on any atom is -0.497 e. The van der Waals surface area contributed by atoms with Crippen LogP contribution in [-0.2, 0) is 26.9 Å². The van der Waals surface area contributed by atoms with Crippen LogP contribution in [0.3, 0.4) is 0 Å². The molecule has 254 valence electrons. The summed E-state index contributed by atoms with van der Waals surface area (Å²) in [5.41, 5.74) is -0.0461. The lowest BCUT2D eigenvalue weighted by Gasteiger charge is -2.28. The summed E-state index contributed by atoms with van der Waals surface area (Å²) in [6.45, 7) is 5.74. The highest BCUT2D eigenvalue weighted by atomic mass is 35.5. The van der Waals surface area contributed by atoms with E-state index in [9.17, 15) is 22.8 Å². The Balaban J connectivity index is 1.66. The van der Waals surface area contributed by atoms with E-state index in [2.05, 4.69) is 5.32 Å². The zero-order valence-electron chi connectivity index (χ0n) is 27.0. The number of anilines is 2. The number of hydrogen-bond donors (Lipinski definition) is 1. The summed E-state index contributed by atoms with van der Waals surface area (Å²) in [6.07, 6.45) is -3.80. The van der Waals surface area contributed by atoms with Crippen LogP contribution in [0.1, 0.15) is 56.3 Å². The number of methoxy groups -OCH3 is 3. The smallest absolute Gasteiger partial charge is 0.420 e. The maximum Gasteiger partial charge on any atom is 0.420 e. The fourth-order valence-corrected chi connectivity index (χ4v) is 5.37. The fourth-order valence-electron chi connectivity index (χ4n) is 5.21. The average Bonchev–Trinajstić information content (AvgIpc) is 3.42. The molecule has 1 atom stereocenters. The van der Waals surface area contributed by atoms with Crippen molar-refractivity contribution in [1.29, 1.82) is 0 Å². The second kappa shape index (κ2) is 14.6. The molecule has 0 bridgehead atoms. The maximum absolute atomic E-state index is 14.4. The first kappa shape index (κ1) is 35.5. The third-order valence-electron chi connectivity index (χ3n) is 7.26. The quantitative estimate of drug-likeness (QED) is 0.154. The Labute approximate surface area is 276 Å². The van der Waals surface area contributed by atoms with E-state index < -0.39 is 29.3 Å². The second-order valence-electron chi connectivity index (χ2n) is 11.8. The first-order chi connectivity index (χ1) is 22.1. The van der Waals surface area contributed by atoms with Gasteiger partial charge in [-0.25, -0.2) is 0 Å². The fraction of sp³-hybridized carbons (Fsp3) is 0.412. The molecule has 1 aliphatic heterocycles. The lowest BCUT2D eigenvalue weighted by molar-refractivity contribution is -0.155. The summed E-state index contributed by atoms with van der Waals surface area (Å²) in [5.74, 6) is -0.0508. The van der Waals surface area contributed by atoms with Crippen LogP contribution in [-0.4, -0.2) is 52.0 Å². The van der Waals surface area contributed by atoms with Gasteiger partial charge in [0, 0.05) is 53.1 Å². The molecule has 0 aliphatic carbocycles. The van der Waals surface area contributed by atoms with Crippen molar-refractivity contribution in [1.82, 2.24) is 0 Å². The van der Waals surface area contributed by atoms with Crippen LogP contribution in [0.15, 0.2) is 48.5 Å². The van der Waals surface area contributed by atoms with Crippen molar-refractivity contribution in [3.05, 3.63) is 70.2 Å². The number of hydrogen-bond acceptors (Lipinski definition) is 8. The number of benzene rings is 3. The number of fused-ring (bicyclic) bond motifs is 1. The molecule has 3 aromatic rings. The largest absolute Gasteiger partial charge is 0.497 e. The van der Waals surface area contributed by atoms with Gasteiger partial charge in [0.15, 0.2) is 0 Å². The number of amides is 1. The number of nitrogens with one attached hydrogen (secondary N) is 1. The van der Waals surface area contributed by atoms with Gasteiger partial charge in [-0.3, -0.25) is 9.59 Å². The summed E-state index contributed by atoms with van der Waals surface area (Å²) in [4.78, 5) is 27.8. The molecule has 3 aromatic carbocycles. The standard InChI is InChI=1S/C34H38ClF3N2O7/c1-33(2,3)47-30(41)8-7-13-46-24-17-22(16-23(18-24)43-4)39-31(25-10-9-21(35)15-28(25)44-5)32(42)40-12-11-20-14-29(45-6)26(19-27(20)40)34(36,37)38/h9-10,14-19,31,39H,7-8,11-13H2,1-6H3. The molecule has 0 saturated carbocycles. The number of nitrogens with zero attached hydrogens (tertiary/aromatic N) is 1. The van der Waals surface area contributed by atoms with Gasteiger partial charge in [-0.15, -0.1) is 0 Å². The first-order valence-electron chi connectivity index (χ1n) is 14.9. The molecule has 1 heterocycles. The van der Waals surface area contributed by atoms with Crippen LogP contribution in [0.4, 0.5) is 24.5 Å². The molecule has 1 unspecified atom stereocenters. The normalized spacial score (nSPS) is 13.4. The van der Waals surface area contributed by atoms with E-state index in [1.54, 1.807) is 57.2 Å². The number of esters is 1. The molecule has 0 aromatic heterocycles. The summed E-state index contributed by atoms with van der Waals surface area (Å²) in [5, 5.41) is 3.59. The van der Waals surface area contributed by atoms with Crippen LogP contribution >= 0.6 is 11.6 Å². The van der Waals surface area contributed by atoms with Crippen molar-refractivity contribution in [3.8, 4) is 23.0 Å². The monoisotopic (exact) mass is 678 g/mol. The van der Waals surface area contributed by atoms with Gasteiger partial charge in [0.05, 0.1) is 33.5 Å². The molecule has 1 N–H and O–H groups in total. The van der Waals surface area contributed by atoms with Crippen molar-refractivity contribution in [2.24, 2.45) is 0 Å². The van der Waals surface area contributed by atoms with Crippen LogP contribution < -0.4 is 29.2 Å². The van der Waals surface area contributed by atoms with Gasteiger partial charge < -0.3 is 33.9 Å². The predicted octanol–water partition coefficient (Wildman–Crippen LogP) is 7.63. The lowest BCUT2D eigenvalue weighted by atomic mass is 10.0. The van der Waals surface area contributed by atoms with Crippen LogP contribution in [0.25, 0.3) is 0 Å². The molecule has 9 nitrogen and oxygen atoms in total. The number of carbonyl (C=O) groups is 2. The predicted molar refractivity (Wildman–Crippen MR) is 172 cm³/mol. The lowest BCUT2D eigenvalue weighted by Crippen LogP contribution is -2.37. The minimum atomic E-state index is -4.70. The Morgan fingerprint density at radius 1 is 0.936 bits per heavy atom. The van der Waals surface area contributed by atoms with Gasteiger partial charge in [-0.1, -0.05) is 17.7 Å². The summed E-state index contributed by atoms with van der Waals surface area (Å²) >= 11 is 6.22. The molecule has 4 rings (SSSR count). The third kappa shape index (κ3) is 8.94. The molecule has 1 amide bonds. The highest BCUT2D eigenvalue weighted by Gasteiger charge is 2.39. The Bertz CT molecular complexity index is 1610. The van der Waals surface area contributed by atoms with Gasteiger partial charge in [0.1, 0.15) is 34.6 Å². The van der Waals surface area contributed by atoms with E-state index >= 15 is 0 Å². The van der Waals surface area contributed by atoms with Crippen LogP contribution in [0.5, 0.6) is 23.0 Å². The molecule has 0 fully saturated rings. The summed E-state index contributed by atoms with van der Waals surface area (Å²) in [7, 11) is 4.08. The number of rotatable bonds is 12. The summed E-state index contributed by atoms with van der Waals surface area (Å²) < 4.78 is 69.1. The molecule has 13 heteroatoms. The van der Waals surface area contributed by atoms with Crippen LogP contribution in [0, 0.1) is 0 Å². The molecule has 0 saturated heterocycles. The number of carbonyl (C=O) groups excluding carboxylic acids is 2. The molecule has 47 heavy (non-hydrogen) atoms. The Morgan fingerprint density at radius 3 is 2.28 bits per heavy atom. The van der Waals surface area contributed by atoms with E-state index in [4.69, 9.17) is 35.3 Å². The molecule has 0 spiro atoms. The van der Waals surface area contributed by atoms with Crippen molar-refractivity contribution in [2.75, 3.05) is 44.7 Å². The van der Waals surface area contributed by atoms with Crippen LogP contribution in [0.2, 0.25) is 5.02 Å². The second-order valence-corrected chi connectivity index (χ2v) is 12.3. The van der Waals surface area contributed by atoms with Crippen molar-refractivity contribution in [2.45, 2.75) is 57.9 Å². The van der Waals surface area contributed by atoms with E-state index in [1.165, 1.54) is 32.3 Å².